The monoisotopic (exact) mass is 407 g/mol. The van der Waals surface area contributed by atoms with E-state index in [9.17, 15) is 9.59 Å². The maximum atomic E-state index is 13.5. The molecule has 1 aromatic carbocycles. The molecule has 5 rings (SSSR count). The number of carbonyl (C=O) groups is 1. The summed E-state index contributed by atoms with van der Waals surface area (Å²) in [4.78, 5) is 29.6. The molecule has 0 saturated carbocycles. The molecule has 2 aromatic heterocycles. The number of methoxy groups -OCH3 is 1. The fraction of sp³-hybridized carbons (Fsp3) is 0.273. The topological polar surface area (TPSA) is 63.6 Å². The van der Waals surface area contributed by atoms with E-state index in [1.165, 1.54) is 0 Å². The molecule has 1 atom stereocenters. The molecular weight excluding hydrogens is 386 g/mol. The number of amides is 1. The number of likely N-dealkylation sites (tertiary alicyclic amines) is 1. The Bertz CT molecular complexity index is 1140. The third-order valence-electron chi connectivity index (χ3n) is 5.67. The van der Waals surface area contributed by atoms with Crippen molar-refractivity contribution in [3.8, 4) is 21.7 Å². The number of benzene rings is 1. The van der Waals surface area contributed by atoms with Crippen LogP contribution >= 0.6 is 11.3 Å². The van der Waals surface area contributed by atoms with Gasteiger partial charge in [-0.05, 0) is 35.1 Å². The first-order valence-electron chi connectivity index (χ1n) is 9.65. The van der Waals surface area contributed by atoms with E-state index in [0.717, 1.165) is 22.4 Å². The average molecular weight is 407 g/mol. The fourth-order valence-corrected chi connectivity index (χ4v) is 5.07. The van der Waals surface area contributed by atoms with Crippen LogP contribution < -0.4 is 11.0 Å². The van der Waals surface area contributed by atoms with Gasteiger partial charge in [-0.25, -0.2) is 4.68 Å². The van der Waals surface area contributed by atoms with Crippen LogP contribution in [0.4, 0.5) is 0 Å². The molecule has 29 heavy (non-hydrogen) atoms. The molecule has 0 radical (unpaired) electrons. The summed E-state index contributed by atoms with van der Waals surface area (Å²) >= 11 is 1.56. The summed E-state index contributed by atoms with van der Waals surface area (Å²) < 4.78 is 6.99. The summed E-state index contributed by atoms with van der Waals surface area (Å²) in [6, 6.07) is 13.3. The quantitative estimate of drug-likeness (QED) is 0.724. The molecule has 1 amide bonds. The molecule has 1 fully saturated rings. The van der Waals surface area contributed by atoms with E-state index in [-0.39, 0.29) is 17.6 Å². The van der Waals surface area contributed by atoms with E-state index in [1.807, 2.05) is 46.7 Å². The Kier molecular flexibility index (Phi) is 4.49. The number of aromatic nitrogens is 1. The maximum absolute atomic E-state index is 13.5. The van der Waals surface area contributed by atoms with Gasteiger partial charge in [-0.15, -0.1) is 11.3 Å². The van der Waals surface area contributed by atoms with Crippen LogP contribution in [0.25, 0.3) is 21.7 Å². The van der Waals surface area contributed by atoms with E-state index in [2.05, 4.69) is 5.43 Å². The summed E-state index contributed by atoms with van der Waals surface area (Å²) in [6.45, 7) is 1.79. The van der Waals surface area contributed by atoms with E-state index >= 15 is 0 Å². The molecule has 0 aliphatic carbocycles. The van der Waals surface area contributed by atoms with Crippen LogP contribution in [0.15, 0.2) is 52.6 Å². The largest absolute Gasteiger partial charge is 0.380 e. The van der Waals surface area contributed by atoms with Crippen molar-refractivity contribution in [2.24, 2.45) is 0 Å². The van der Waals surface area contributed by atoms with Crippen LogP contribution in [0.5, 0.6) is 0 Å². The van der Waals surface area contributed by atoms with Gasteiger partial charge in [-0.2, -0.15) is 0 Å². The van der Waals surface area contributed by atoms with Gasteiger partial charge in [-0.3, -0.25) is 9.59 Å². The van der Waals surface area contributed by atoms with Gasteiger partial charge in [0.2, 0.25) is 0 Å². The predicted octanol–water partition coefficient (Wildman–Crippen LogP) is 3.16. The normalized spacial score (nSPS) is 17.6. The first kappa shape index (κ1) is 18.1. The number of pyridine rings is 1. The lowest BCUT2D eigenvalue weighted by molar-refractivity contribution is 0.0724. The molecule has 0 bridgehead atoms. The number of thiophene rings is 1. The minimum absolute atomic E-state index is 0.0604. The second-order valence-corrected chi connectivity index (χ2v) is 8.25. The third-order valence-corrected chi connectivity index (χ3v) is 6.63. The van der Waals surface area contributed by atoms with Crippen LogP contribution in [-0.4, -0.2) is 41.8 Å². The van der Waals surface area contributed by atoms with Gasteiger partial charge in [-0.1, -0.05) is 30.3 Å². The van der Waals surface area contributed by atoms with Crippen molar-refractivity contribution in [2.45, 2.75) is 19.1 Å². The molecule has 1 N–H and O–H groups in total. The summed E-state index contributed by atoms with van der Waals surface area (Å²) in [7, 11) is 1.68. The lowest BCUT2D eigenvalue weighted by Gasteiger charge is -2.26. The molecular formula is C22H21N3O3S. The van der Waals surface area contributed by atoms with Crippen LogP contribution in [0, 0.1) is 0 Å². The Labute approximate surface area is 172 Å². The van der Waals surface area contributed by atoms with Crippen molar-refractivity contribution >= 4 is 17.2 Å². The Hall–Kier alpha value is -2.90. The second-order valence-electron chi connectivity index (χ2n) is 7.33. The number of hydrogen-bond acceptors (Lipinski definition) is 5. The van der Waals surface area contributed by atoms with Gasteiger partial charge >= 0.3 is 0 Å². The first-order chi connectivity index (χ1) is 14.2. The van der Waals surface area contributed by atoms with Gasteiger partial charge in [0, 0.05) is 25.8 Å². The zero-order valence-electron chi connectivity index (χ0n) is 16.1. The lowest BCUT2D eigenvalue weighted by atomic mass is 10.0. The molecule has 1 saturated heterocycles. The lowest BCUT2D eigenvalue weighted by Crippen LogP contribution is -2.37. The molecule has 148 valence electrons. The summed E-state index contributed by atoms with van der Waals surface area (Å²) in [5, 5.41) is 2.00. The van der Waals surface area contributed by atoms with Crippen molar-refractivity contribution in [1.82, 2.24) is 9.58 Å². The molecule has 0 unspecified atom stereocenters. The minimum atomic E-state index is -0.141. The van der Waals surface area contributed by atoms with Gasteiger partial charge in [0.1, 0.15) is 0 Å². The van der Waals surface area contributed by atoms with Crippen molar-refractivity contribution in [2.75, 3.05) is 25.6 Å². The van der Waals surface area contributed by atoms with Crippen LogP contribution in [0.1, 0.15) is 22.3 Å². The number of hydrogen-bond donors (Lipinski definition) is 1. The fourth-order valence-electron chi connectivity index (χ4n) is 4.10. The number of rotatable bonds is 3. The maximum Gasteiger partial charge on any atom is 0.277 e. The Morgan fingerprint density at radius 3 is 2.83 bits per heavy atom. The van der Waals surface area contributed by atoms with Crippen molar-refractivity contribution in [3.05, 3.63) is 69.3 Å². The number of ether oxygens (including phenoxy) is 1. The van der Waals surface area contributed by atoms with Crippen LogP contribution in [-0.2, 0) is 11.3 Å². The number of nitrogens with zero attached hydrogens (tertiary/aromatic N) is 2. The van der Waals surface area contributed by atoms with Crippen molar-refractivity contribution in [1.29, 1.82) is 0 Å². The Balaban J connectivity index is 1.71. The molecule has 2 aliphatic heterocycles. The van der Waals surface area contributed by atoms with E-state index in [1.54, 1.807) is 29.2 Å². The third kappa shape index (κ3) is 2.97. The second kappa shape index (κ2) is 7.17. The predicted molar refractivity (Wildman–Crippen MR) is 114 cm³/mol. The van der Waals surface area contributed by atoms with Crippen molar-refractivity contribution in [3.63, 3.8) is 0 Å². The molecule has 4 heterocycles. The molecule has 3 aromatic rings. The van der Waals surface area contributed by atoms with E-state index in [4.69, 9.17) is 4.74 Å². The van der Waals surface area contributed by atoms with E-state index < -0.39 is 0 Å². The molecule has 7 heteroatoms. The summed E-state index contributed by atoms with van der Waals surface area (Å²) in [5.74, 6) is -0.0615. The summed E-state index contributed by atoms with van der Waals surface area (Å²) in [6.07, 6.45) is 0.885. The number of carbonyl (C=O) groups excluding carboxylic acids is 1. The first-order valence-corrected chi connectivity index (χ1v) is 10.5. The highest BCUT2D eigenvalue weighted by molar-refractivity contribution is 7.13. The van der Waals surface area contributed by atoms with Crippen LogP contribution in [0.2, 0.25) is 0 Å². The zero-order valence-corrected chi connectivity index (χ0v) is 16.9. The summed E-state index contributed by atoms with van der Waals surface area (Å²) in [5.41, 5.74) is 6.71. The number of nitrogens with one attached hydrogen (secondary N) is 1. The molecule has 2 aliphatic rings. The highest BCUT2D eigenvalue weighted by Crippen LogP contribution is 2.36. The number of fused-ring (bicyclic) bond motifs is 3. The van der Waals surface area contributed by atoms with Gasteiger partial charge in [0.05, 0.1) is 28.8 Å². The van der Waals surface area contributed by atoms with Gasteiger partial charge in [0.25, 0.3) is 11.5 Å². The van der Waals surface area contributed by atoms with Crippen molar-refractivity contribution < 1.29 is 9.53 Å². The molecule has 6 nitrogen and oxygen atoms in total. The Morgan fingerprint density at radius 1 is 1.24 bits per heavy atom. The smallest absolute Gasteiger partial charge is 0.277 e. The average Bonchev–Trinajstić information content (AvgIpc) is 3.43. The van der Waals surface area contributed by atoms with Gasteiger partial charge in [0.15, 0.2) is 0 Å². The SMILES string of the molecule is CO[C@@H]1CCN(C(=O)c2cc(-c3ccccc3)c(=O)n3c2-c2sccc2CN3)C1. The Morgan fingerprint density at radius 2 is 2.07 bits per heavy atom. The molecule has 0 spiro atoms. The minimum Gasteiger partial charge on any atom is -0.380 e. The highest BCUT2D eigenvalue weighted by Gasteiger charge is 2.32. The van der Waals surface area contributed by atoms with E-state index in [0.29, 0.717) is 36.5 Å². The van der Waals surface area contributed by atoms with Gasteiger partial charge < -0.3 is 15.1 Å². The van der Waals surface area contributed by atoms with Crippen LogP contribution in [0.3, 0.4) is 0 Å². The zero-order chi connectivity index (χ0) is 20.0. The highest BCUT2D eigenvalue weighted by atomic mass is 32.1. The standard InChI is InChI=1S/C22H21N3O3S/c1-28-16-7-9-24(13-16)21(26)18-11-17(14-5-3-2-4-6-14)22(27)25-19(18)20-15(12-23-25)8-10-29-20/h2-6,8,10-11,16,23H,7,9,12-13H2,1H3/t16-/m1/s1.